The van der Waals surface area contributed by atoms with Gasteiger partial charge in [0.2, 0.25) is 0 Å². The van der Waals surface area contributed by atoms with Crippen molar-refractivity contribution in [1.82, 2.24) is 0 Å². The molecule has 0 saturated carbocycles. The van der Waals surface area contributed by atoms with E-state index in [9.17, 15) is 14.4 Å². The van der Waals surface area contributed by atoms with Gasteiger partial charge in [0.25, 0.3) is 0 Å². The number of rotatable bonds is 59. The van der Waals surface area contributed by atoms with Gasteiger partial charge in [-0.2, -0.15) is 0 Å². The van der Waals surface area contributed by atoms with Crippen LogP contribution in [0.2, 0.25) is 0 Å². The molecular weight excluding hydrogens is 985 g/mol. The Morgan fingerprint density at radius 1 is 0.263 bits per heavy atom. The molecule has 0 aromatic carbocycles. The van der Waals surface area contributed by atoms with Gasteiger partial charge in [-0.1, -0.05) is 296 Å². The molecular formula is C74H122O6. The summed E-state index contributed by atoms with van der Waals surface area (Å²) < 4.78 is 16.9. The van der Waals surface area contributed by atoms with Gasteiger partial charge < -0.3 is 14.2 Å². The minimum absolute atomic E-state index is 0.0853. The van der Waals surface area contributed by atoms with Crippen LogP contribution in [-0.2, 0) is 28.6 Å². The number of hydrogen-bond acceptors (Lipinski definition) is 6. The van der Waals surface area contributed by atoms with Crippen LogP contribution in [0.1, 0.15) is 297 Å². The lowest BCUT2D eigenvalue weighted by atomic mass is 10.0. The van der Waals surface area contributed by atoms with Gasteiger partial charge in [-0.15, -0.1) is 0 Å². The van der Waals surface area contributed by atoms with E-state index in [0.717, 1.165) is 141 Å². The number of carbonyl (C=O) groups is 3. The molecule has 0 fully saturated rings. The highest BCUT2D eigenvalue weighted by molar-refractivity contribution is 5.71. The molecule has 0 aliphatic heterocycles. The Labute approximate surface area is 494 Å². The highest BCUT2D eigenvalue weighted by Crippen LogP contribution is 2.16. The molecule has 454 valence electrons. The third-order valence-electron chi connectivity index (χ3n) is 13.9. The first kappa shape index (κ1) is 75.5. The normalized spacial score (nSPS) is 13.0. The maximum Gasteiger partial charge on any atom is 0.306 e. The van der Waals surface area contributed by atoms with Crippen molar-refractivity contribution in [1.29, 1.82) is 0 Å². The predicted molar refractivity (Wildman–Crippen MR) is 348 cm³/mol. The minimum Gasteiger partial charge on any atom is -0.462 e. The van der Waals surface area contributed by atoms with Gasteiger partial charge in [-0.05, 0) is 116 Å². The number of carbonyl (C=O) groups excluding carboxylic acids is 3. The summed E-state index contributed by atoms with van der Waals surface area (Å²) in [6.07, 6.45) is 94.8. The minimum atomic E-state index is -0.789. The third-order valence-corrected chi connectivity index (χ3v) is 13.9. The highest BCUT2D eigenvalue weighted by Gasteiger charge is 2.19. The molecule has 0 saturated heterocycles. The Morgan fingerprint density at radius 3 is 0.762 bits per heavy atom. The van der Waals surface area contributed by atoms with Crippen molar-refractivity contribution in [2.24, 2.45) is 0 Å². The maximum absolute atomic E-state index is 12.9. The zero-order chi connectivity index (χ0) is 57.8. The largest absolute Gasteiger partial charge is 0.462 e. The molecule has 0 aromatic rings. The number of unbranched alkanes of at least 4 members (excludes halogenated alkanes) is 26. The fourth-order valence-corrected chi connectivity index (χ4v) is 9.00. The fourth-order valence-electron chi connectivity index (χ4n) is 9.00. The first-order valence-corrected chi connectivity index (χ1v) is 33.2. The predicted octanol–water partition coefficient (Wildman–Crippen LogP) is 22.9. The van der Waals surface area contributed by atoms with E-state index in [-0.39, 0.29) is 31.1 Å². The molecule has 0 N–H and O–H groups in total. The Balaban J connectivity index is 4.20. The molecule has 0 rings (SSSR count). The lowest BCUT2D eigenvalue weighted by molar-refractivity contribution is -0.167. The Morgan fingerprint density at radius 2 is 0.487 bits per heavy atom. The monoisotopic (exact) mass is 1110 g/mol. The molecule has 1 atom stereocenters. The van der Waals surface area contributed by atoms with Crippen LogP contribution >= 0.6 is 0 Å². The summed E-state index contributed by atoms with van der Waals surface area (Å²) in [6, 6.07) is 0. The van der Waals surface area contributed by atoms with E-state index in [4.69, 9.17) is 14.2 Å². The van der Waals surface area contributed by atoms with Crippen LogP contribution in [0.15, 0.2) is 134 Å². The number of hydrogen-bond donors (Lipinski definition) is 0. The SMILES string of the molecule is CC/C=C\C/C=C\C/C=C\C/C=C\C/C=C\C/C=C\CCCCCCCCC(=O)OC(COC(=O)CCCCCCCCCC)COC(=O)CCCCCCCCCCCCCCC/C=C\C/C=C\C/C=C\C/C=C\C/C=C\CC. The summed E-state index contributed by atoms with van der Waals surface area (Å²) in [6.45, 7) is 6.38. The molecule has 0 radical (unpaired) electrons. The van der Waals surface area contributed by atoms with Gasteiger partial charge in [0.15, 0.2) is 6.10 Å². The Kier molecular flexibility index (Phi) is 63.3. The summed E-state index contributed by atoms with van der Waals surface area (Å²) in [5, 5.41) is 0. The molecule has 0 heterocycles. The second-order valence-corrected chi connectivity index (χ2v) is 21.6. The molecule has 0 bridgehead atoms. The number of ether oxygens (including phenoxy) is 3. The molecule has 0 spiro atoms. The first-order valence-electron chi connectivity index (χ1n) is 33.2. The molecule has 0 aromatic heterocycles. The molecule has 80 heavy (non-hydrogen) atoms. The van der Waals surface area contributed by atoms with E-state index >= 15 is 0 Å². The van der Waals surface area contributed by atoms with Crippen molar-refractivity contribution >= 4 is 17.9 Å². The van der Waals surface area contributed by atoms with Gasteiger partial charge in [-0.25, -0.2) is 0 Å². The number of allylic oxidation sites excluding steroid dienone is 22. The molecule has 6 heteroatoms. The molecule has 1 unspecified atom stereocenters. The second-order valence-electron chi connectivity index (χ2n) is 21.6. The quantitative estimate of drug-likeness (QED) is 0.0261. The van der Waals surface area contributed by atoms with Gasteiger partial charge in [-0.3, -0.25) is 14.4 Å². The topological polar surface area (TPSA) is 78.9 Å². The van der Waals surface area contributed by atoms with E-state index in [0.29, 0.717) is 19.3 Å². The van der Waals surface area contributed by atoms with Crippen molar-refractivity contribution < 1.29 is 28.6 Å². The Hall–Kier alpha value is -4.45. The van der Waals surface area contributed by atoms with Crippen molar-refractivity contribution in [3.63, 3.8) is 0 Å². The smallest absolute Gasteiger partial charge is 0.306 e. The van der Waals surface area contributed by atoms with Crippen LogP contribution in [0.5, 0.6) is 0 Å². The van der Waals surface area contributed by atoms with Gasteiger partial charge >= 0.3 is 17.9 Å². The van der Waals surface area contributed by atoms with Crippen molar-refractivity contribution in [3.05, 3.63) is 134 Å². The van der Waals surface area contributed by atoms with Crippen molar-refractivity contribution in [3.8, 4) is 0 Å². The fraction of sp³-hybridized carbons (Fsp3) is 0.662. The van der Waals surface area contributed by atoms with Gasteiger partial charge in [0, 0.05) is 19.3 Å². The average molecular weight is 1110 g/mol. The molecule has 0 amide bonds. The van der Waals surface area contributed by atoms with E-state index in [1.54, 1.807) is 0 Å². The van der Waals surface area contributed by atoms with E-state index in [1.807, 2.05) is 0 Å². The second kappa shape index (κ2) is 67.1. The summed E-state index contributed by atoms with van der Waals surface area (Å²) >= 11 is 0. The third kappa shape index (κ3) is 64.4. The molecule has 0 aliphatic rings. The van der Waals surface area contributed by atoms with Gasteiger partial charge in [0.05, 0.1) is 0 Å². The standard InChI is InChI=1S/C74H122O6/c1-4-7-10-13-16-19-21-23-25-27-29-31-33-35-36-37-38-40-41-43-45-47-49-51-53-55-58-61-64-67-73(76)79-70-71(69-78-72(75)66-63-60-57-18-15-12-9-6-3)80-74(77)68-65-62-59-56-54-52-50-48-46-44-42-39-34-32-30-28-26-24-22-20-17-14-11-8-5-2/h7-8,10-11,16-17,19-20,23-26,29-32,35-36,39,42,46,48,71H,4-6,9,12-15,18,21-22,27-28,33-34,37-38,40-41,43-45,47,49-70H2,1-3H3/b10-7-,11-8-,19-16-,20-17-,25-23-,26-24-,31-29-,32-30-,36-35-,42-39-,48-46-. The lowest BCUT2D eigenvalue weighted by Gasteiger charge is -2.18. The van der Waals surface area contributed by atoms with Gasteiger partial charge in [0.1, 0.15) is 13.2 Å². The van der Waals surface area contributed by atoms with E-state index in [2.05, 4.69) is 154 Å². The van der Waals surface area contributed by atoms with Crippen LogP contribution in [0.4, 0.5) is 0 Å². The average Bonchev–Trinajstić information content (AvgIpc) is 3.46. The molecule has 6 nitrogen and oxygen atoms in total. The van der Waals surface area contributed by atoms with E-state index < -0.39 is 6.10 Å². The van der Waals surface area contributed by atoms with Crippen LogP contribution in [0.25, 0.3) is 0 Å². The number of esters is 3. The summed E-state index contributed by atoms with van der Waals surface area (Å²) in [4.78, 5) is 38.2. The highest BCUT2D eigenvalue weighted by atomic mass is 16.6. The van der Waals surface area contributed by atoms with Crippen molar-refractivity contribution in [2.45, 2.75) is 303 Å². The van der Waals surface area contributed by atoms with Crippen LogP contribution in [-0.4, -0.2) is 37.2 Å². The first-order chi connectivity index (χ1) is 39.5. The van der Waals surface area contributed by atoms with Crippen LogP contribution < -0.4 is 0 Å². The summed E-state index contributed by atoms with van der Waals surface area (Å²) in [5.74, 6) is -0.901. The maximum atomic E-state index is 12.9. The summed E-state index contributed by atoms with van der Waals surface area (Å²) in [5.41, 5.74) is 0. The molecule has 0 aliphatic carbocycles. The van der Waals surface area contributed by atoms with Crippen molar-refractivity contribution in [2.75, 3.05) is 13.2 Å². The van der Waals surface area contributed by atoms with Crippen LogP contribution in [0.3, 0.4) is 0 Å². The van der Waals surface area contributed by atoms with E-state index in [1.165, 1.54) is 116 Å². The van der Waals surface area contributed by atoms with Crippen LogP contribution in [0, 0.1) is 0 Å². The lowest BCUT2D eigenvalue weighted by Crippen LogP contribution is -2.30. The summed E-state index contributed by atoms with van der Waals surface area (Å²) in [7, 11) is 0. The zero-order valence-electron chi connectivity index (χ0n) is 52.0. The zero-order valence-corrected chi connectivity index (χ0v) is 52.0. The Bertz CT molecular complexity index is 1700.